The van der Waals surface area contributed by atoms with Crippen molar-refractivity contribution < 1.29 is 23.1 Å². The number of hydrogen-bond acceptors (Lipinski definition) is 4. The van der Waals surface area contributed by atoms with Crippen molar-refractivity contribution in [3.05, 3.63) is 12.2 Å². The van der Waals surface area contributed by atoms with Crippen LogP contribution in [0.2, 0.25) is 0 Å². The SMILES string of the molecule is C/C=C/CCNC(=O)N1CCS(=O)(=O)CC1CC(=O)O. The number of nitrogens with one attached hydrogen (secondary N) is 1. The zero-order valence-corrected chi connectivity index (χ0v) is 12.2. The van der Waals surface area contributed by atoms with Gasteiger partial charge in [-0.3, -0.25) is 4.79 Å². The molecule has 1 unspecified atom stereocenters. The van der Waals surface area contributed by atoms with Crippen LogP contribution in [0.25, 0.3) is 0 Å². The highest BCUT2D eigenvalue weighted by Crippen LogP contribution is 2.15. The van der Waals surface area contributed by atoms with Crippen molar-refractivity contribution in [3.63, 3.8) is 0 Å². The van der Waals surface area contributed by atoms with Crippen LogP contribution in [-0.2, 0) is 14.6 Å². The maximum absolute atomic E-state index is 12.0. The first-order valence-electron chi connectivity index (χ1n) is 6.43. The van der Waals surface area contributed by atoms with Crippen molar-refractivity contribution in [2.24, 2.45) is 0 Å². The van der Waals surface area contributed by atoms with Crippen LogP contribution in [0.5, 0.6) is 0 Å². The lowest BCUT2D eigenvalue weighted by Crippen LogP contribution is -2.55. The summed E-state index contributed by atoms with van der Waals surface area (Å²) < 4.78 is 23.1. The van der Waals surface area contributed by atoms with E-state index in [1.165, 1.54) is 4.90 Å². The fourth-order valence-corrected chi connectivity index (χ4v) is 3.58. The average molecular weight is 304 g/mol. The van der Waals surface area contributed by atoms with Gasteiger partial charge in [-0.1, -0.05) is 12.2 Å². The summed E-state index contributed by atoms with van der Waals surface area (Å²) in [6.45, 7) is 2.35. The molecule has 0 aromatic carbocycles. The lowest BCUT2D eigenvalue weighted by molar-refractivity contribution is -0.138. The number of nitrogens with zero attached hydrogens (tertiary/aromatic N) is 1. The summed E-state index contributed by atoms with van der Waals surface area (Å²) in [5, 5.41) is 11.5. The van der Waals surface area contributed by atoms with Gasteiger partial charge in [-0.25, -0.2) is 13.2 Å². The monoisotopic (exact) mass is 304 g/mol. The Hall–Kier alpha value is -1.57. The van der Waals surface area contributed by atoms with Gasteiger partial charge in [0.25, 0.3) is 0 Å². The van der Waals surface area contributed by atoms with Crippen LogP contribution >= 0.6 is 0 Å². The van der Waals surface area contributed by atoms with E-state index >= 15 is 0 Å². The molecule has 0 aromatic heterocycles. The van der Waals surface area contributed by atoms with E-state index in [0.717, 1.165) is 0 Å². The first-order valence-corrected chi connectivity index (χ1v) is 8.25. The molecular formula is C12H20N2O5S. The van der Waals surface area contributed by atoms with E-state index in [0.29, 0.717) is 13.0 Å². The highest BCUT2D eigenvalue weighted by atomic mass is 32.2. The second-order valence-electron chi connectivity index (χ2n) is 4.65. The van der Waals surface area contributed by atoms with Crippen LogP contribution in [0, 0.1) is 0 Å². The third kappa shape index (κ3) is 5.20. The van der Waals surface area contributed by atoms with E-state index < -0.39 is 27.9 Å². The van der Waals surface area contributed by atoms with Gasteiger partial charge >= 0.3 is 12.0 Å². The van der Waals surface area contributed by atoms with Crippen molar-refractivity contribution in [1.29, 1.82) is 0 Å². The Kier molecular flexibility index (Phi) is 6.00. The number of rotatable bonds is 5. The molecule has 1 aliphatic rings. The maximum Gasteiger partial charge on any atom is 0.317 e. The van der Waals surface area contributed by atoms with Crippen LogP contribution in [-0.4, -0.2) is 61.1 Å². The van der Waals surface area contributed by atoms with Gasteiger partial charge in [-0.15, -0.1) is 0 Å². The molecule has 2 N–H and O–H groups in total. The molecule has 1 rings (SSSR count). The Bertz CT molecular complexity index is 486. The molecule has 114 valence electrons. The van der Waals surface area contributed by atoms with Gasteiger partial charge in [-0.2, -0.15) is 0 Å². The third-order valence-electron chi connectivity index (χ3n) is 3.02. The number of carboxylic acid groups (broad SMARTS) is 1. The molecule has 2 amide bonds. The second kappa shape index (κ2) is 7.28. The van der Waals surface area contributed by atoms with Gasteiger partial charge < -0.3 is 15.3 Å². The predicted octanol–water partition coefficient (Wildman–Crippen LogP) is 0.236. The Labute approximate surface area is 118 Å². The first-order chi connectivity index (χ1) is 9.35. The molecule has 0 aliphatic carbocycles. The average Bonchev–Trinajstić information content (AvgIpc) is 2.32. The minimum absolute atomic E-state index is 0.0374. The molecule has 0 aromatic rings. The molecule has 20 heavy (non-hydrogen) atoms. The van der Waals surface area contributed by atoms with Gasteiger partial charge in [0.15, 0.2) is 9.84 Å². The zero-order chi connectivity index (χ0) is 15.2. The normalized spacial score (nSPS) is 21.9. The fourth-order valence-electron chi connectivity index (χ4n) is 2.06. The summed E-state index contributed by atoms with van der Waals surface area (Å²) in [5.41, 5.74) is 0. The number of urea groups is 1. The lowest BCUT2D eigenvalue weighted by Gasteiger charge is -2.34. The smallest absolute Gasteiger partial charge is 0.317 e. The van der Waals surface area contributed by atoms with Crippen molar-refractivity contribution >= 4 is 21.8 Å². The number of sulfone groups is 1. The van der Waals surface area contributed by atoms with E-state index in [1.54, 1.807) is 0 Å². The number of amides is 2. The lowest BCUT2D eigenvalue weighted by atomic mass is 10.2. The third-order valence-corrected chi connectivity index (χ3v) is 4.72. The Balaban J connectivity index is 2.64. The van der Waals surface area contributed by atoms with E-state index in [2.05, 4.69) is 5.32 Å². The molecule has 1 atom stereocenters. The number of carbonyl (C=O) groups excluding carboxylic acids is 1. The van der Waals surface area contributed by atoms with Crippen LogP contribution in [0.1, 0.15) is 19.8 Å². The summed E-state index contributed by atoms with van der Waals surface area (Å²) in [6.07, 6.45) is 4.09. The minimum atomic E-state index is -3.27. The molecule has 1 fully saturated rings. The predicted molar refractivity (Wildman–Crippen MR) is 74.2 cm³/mol. The number of allylic oxidation sites excluding steroid dienone is 1. The van der Waals surface area contributed by atoms with E-state index in [9.17, 15) is 18.0 Å². The second-order valence-corrected chi connectivity index (χ2v) is 6.88. The Morgan fingerprint density at radius 2 is 2.15 bits per heavy atom. The molecule has 1 saturated heterocycles. The number of hydrogen-bond donors (Lipinski definition) is 2. The molecule has 1 heterocycles. The first kappa shape index (κ1) is 16.5. The van der Waals surface area contributed by atoms with Crippen LogP contribution < -0.4 is 5.32 Å². The van der Waals surface area contributed by atoms with E-state index in [1.807, 2.05) is 19.1 Å². The van der Waals surface area contributed by atoms with Crippen molar-refractivity contribution in [3.8, 4) is 0 Å². The van der Waals surface area contributed by atoms with E-state index in [4.69, 9.17) is 5.11 Å². The van der Waals surface area contributed by atoms with Gasteiger partial charge in [0.2, 0.25) is 0 Å². The Morgan fingerprint density at radius 3 is 2.75 bits per heavy atom. The van der Waals surface area contributed by atoms with Crippen molar-refractivity contribution in [2.45, 2.75) is 25.8 Å². The van der Waals surface area contributed by atoms with E-state index in [-0.39, 0.29) is 24.5 Å². The quantitative estimate of drug-likeness (QED) is 0.559. The Morgan fingerprint density at radius 1 is 1.45 bits per heavy atom. The highest BCUT2D eigenvalue weighted by molar-refractivity contribution is 7.91. The van der Waals surface area contributed by atoms with Crippen molar-refractivity contribution in [2.75, 3.05) is 24.6 Å². The summed E-state index contributed by atoms with van der Waals surface area (Å²) in [4.78, 5) is 24.1. The maximum atomic E-state index is 12.0. The highest BCUT2D eigenvalue weighted by Gasteiger charge is 2.35. The molecule has 0 spiro atoms. The van der Waals surface area contributed by atoms with Crippen LogP contribution in [0.15, 0.2) is 12.2 Å². The van der Waals surface area contributed by atoms with Gasteiger partial charge in [0, 0.05) is 13.1 Å². The molecule has 7 nitrogen and oxygen atoms in total. The standard InChI is InChI=1S/C12H20N2O5S/c1-2-3-4-5-13-12(17)14-6-7-20(18,19)9-10(14)8-11(15)16/h2-3,10H,4-9H2,1H3,(H,13,17)(H,15,16)/b3-2+. The molecule has 0 saturated carbocycles. The van der Waals surface area contributed by atoms with Crippen molar-refractivity contribution in [1.82, 2.24) is 10.2 Å². The topological polar surface area (TPSA) is 104 Å². The molecule has 0 bridgehead atoms. The minimum Gasteiger partial charge on any atom is -0.481 e. The molecular weight excluding hydrogens is 284 g/mol. The summed E-state index contributed by atoms with van der Waals surface area (Å²) in [5.74, 6) is -1.52. The van der Waals surface area contributed by atoms with Gasteiger partial charge in [-0.05, 0) is 13.3 Å². The van der Waals surface area contributed by atoms with Gasteiger partial charge in [0.1, 0.15) is 0 Å². The molecule has 1 aliphatic heterocycles. The summed E-state index contributed by atoms with van der Waals surface area (Å²) in [6, 6.07) is -1.20. The van der Waals surface area contributed by atoms with Crippen LogP contribution in [0.4, 0.5) is 4.79 Å². The number of carboxylic acids is 1. The summed E-state index contributed by atoms with van der Waals surface area (Å²) >= 11 is 0. The number of aliphatic carboxylic acids is 1. The fraction of sp³-hybridized carbons (Fsp3) is 0.667. The molecule has 0 radical (unpaired) electrons. The van der Waals surface area contributed by atoms with Gasteiger partial charge in [0.05, 0.1) is 24.0 Å². The molecule has 8 heteroatoms. The number of carbonyl (C=O) groups is 2. The zero-order valence-electron chi connectivity index (χ0n) is 11.4. The summed E-state index contributed by atoms with van der Waals surface area (Å²) in [7, 11) is -3.27. The largest absolute Gasteiger partial charge is 0.481 e. The van der Waals surface area contributed by atoms with Crippen LogP contribution in [0.3, 0.4) is 0 Å².